The van der Waals surface area contributed by atoms with Crippen molar-refractivity contribution in [1.82, 2.24) is 0 Å². The summed E-state index contributed by atoms with van der Waals surface area (Å²) in [5.74, 6) is -0.502. The number of fused-ring (bicyclic) bond motifs is 1. The van der Waals surface area contributed by atoms with Gasteiger partial charge in [0.15, 0.2) is 0 Å². The van der Waals surface area contributed by atoms with Crippen molar-refractivity contribution in [3.05, 3.63) is 29.8 Å². The van der Waals surface area contributed by atoms with Crippen molar-refractivity contribution in [3.8, 4) is 5.75 Å². The van der Waals surface area contributed by atoms with E-state index in [2.05, 4.69) is 0 Å². The minimum Gasteiger partial charge on any atom is -0.446 e. The Morgan fingerprint density at radius 2 is 1.74 bits per heavy atom. The molecule has 1 aromatic rings. The summed E-state index contributed by atoms with van der Waals surface area (Å²) in [6.45, 7) is 0. The van der Waals surface area contributed by atoms with Gasteiger partial charge in [-0.3, -0.25) is 0 Å². The van der Waals surface area contributed by atoms with Crippen LogP contribution in [0.3, 0.4) is 0 Å². The molecule has 3 rings (SSSR count). The van der Waals surface area contributed by atoms with E-state index in [0.717, 1.165) is 25.7 Å². The summed E-state index contributed by atoms with van der Waals surface area (Å²) >= 11 is 0. The lowest BCUT2D eigenvalue weighted by Crippen LogP contribution is -2.36. The third-order valence-corrected chi connectivity index (χ3v) is 3.86. The topological polar surface area (TPSA) is 52.6 Å². The number of para-hydroxylation sites is 1. The fourth-order valence-electron chi connectivity index (χ4n) is 2.84. The van der Waals surface area contributed by atoms with E-state index in [4.69, 9.17) is 9.47 Å². The average molecular weight is 260 g/mol. The molecule has 19 heavy (non-hydrogen) atoms. The van der Waals surface area contributed by atoms with Crippen LogP contribution in [0.15, 0.2) is 24.3 Å². The van der Waals surface area contributed by atoms with E-state index in [1.807, 2.05) is 0 Å². The lowest BCUT2D eigenvalue weighted by atomic mass is 9.85. The van der Waals surface area contributed by atoms with Gasteiger partial charge in [0.25, 0.3) is 0 Å². The molecule has 100 valence electrons. The van der Waals surface area contributed by atoms with Crippen LogP contribution in [-0.2, 0) is 9.53 Å². The number of ether oxygens (including phenoxy) is 2. The van der Waals surface area contributed by atoms with Gasteiger partial charge < -0.3 is 9.47 Å². The second kappa shape index (κ2) is 5.03. The van der Waals surface area contributed by atoms with Gasteiger partial charge in [0.2, 0.25) is 6.10 Å². The van der Waals surface area contributed by atoms with Crippen LogP contribution in [-0.4, -0.2) is 18.0 Å². The summed E-state index contributed by atoms with van der Waals surface area (Å²) in [4.78, 5) is 24.2. The molecule has 1 atom stereocenters. The van der Waals surface area contributed by atoms with Crippen molar-refractivity contribution in [1.29, 1.82) is 0 Å². The summed E-state index contributed by atoms with van der Waals surface area (Å²) in [5, 5.41) is 0. The SMILES string of the molecule is O=C1OC(C2CCCCC2)C(=O)Oc2ccccc21. The van der Waals surface area contributed by atoms with Crippen LogP contribution in [0.4, 0.5) is 0 Å². The number of carbonyl (C=O) groups excluding carboxylic acids is 2. The standard InChI is InChI=1S/C15H16O4/c16-14-11-8-4-5-9-12(11)18-15(17)13(19-14)10-6-2-1-3-7-10/h4-5,8-10,13H,1-3,6-7H2. The Hall–Kier alpha value is -1.84. The van der Waals surface area contributed by atoms with Crippen molar-refractivity contribution < 1.29 is 19.1 Å². The molecule has 1 saturated carbocycles. The molecule has 4 nitrogen and oxygen atoms in total. The van der Waals surface area contributed by atoms with Gasteiger partial charge in [0.1, 0.15) is 11.3 Å². The fourth-order valence-corrected chi connectivity index (χ4v) is 2.84. The van der Waals surface area contributed by atoms with E-state index in [0.29, 0.717) is 11.3 Å². The molecule has 0 N–H and O–H groups in total. The number of esters is 2. The maximum atomic E-state index is 12.1. The fraction of sp³-hybridized carbons (Fsp3) is 0.467. The lowest BCUT2D eigenvalue weighted by molar-refractivity contribution is -0.147. The Bertz CT molecular complexity index is 503. The molecule has 0 spiro atoms. The van der Waals surface area contributed by atoms with E-state index in [1.165, 1.54) is 6.42 Å². The highest BCUT2D eigenvalue weighted by molar-refractivity contribution is 5.97. The number of cyclic esters (lactones) is 1. The molecule has 0 aromatic heterocycles. The molecule has 4 heteroatoms. The van der Waals surface area contributed by atoms with Crippen molar-refractivity contribution >= 4 is 11.9 Å². The molecule has 0 radical (unpaired) electrons. The van der Waals surface area contributed by atoms with Gasteiger partial charge in [-0.1, -0.05) is 31.4 Å². The van der Waals surface area contributed by atoms with Gasteiger partial charge in [-0.2, -0.15) is 0 Å². The maximum Gasteiger partial charge on any atom is 0.353 e. The molecule has 1 aliphatic heterocycles. The summed E-state index contributed by atoms with van der Waals surface area (Å²) < 4.78 is 10.7. The van der Waals surface area contributed by atoms with E-state index < -0.39 is 18.0 Å². The maximum absolute atomic E-state index is 12.1. The second-order valence-electron chi connectivity index (χ2n) is 5.14. The van der Waals surface area contributed by atoms with E-state index in [1.54, 1.807) is 24.3 Å². The summed E-state index contributed by atoms with van der Waals surface area (Å²) in [5.41, 5.74) is 0.328. The number of benzene rings is 1. The second-order valence-corrected chi connectivity index (χ2v) is 5.14. The minimum absolute atomic E-state index is 0.0968. The minimum atomic E-state index is -0.750. The van der Waals surface area contributed by atoms with Crippen LogP contribution in [0.25, 0.3) is 0 Å². The quantitative estimate of drug-likeness (QED) is 0.575. The molecular formula is C15H16O4. The van der Waals surface area contributed by atoms with Crippen LogP contribution >= 0.6 is 0 Å². The number of hydrogen-bond acceptors (Lipinski definition) is 4. The zero-order valence-electron chi connectivity index (χ0n) is 10.6. The van der Waals surface area contributed by atoms with Crippen LogP contribution in [0, 0.1) is 5.92 Å². The highest BCUT2D eigenvalue weighted by Gasteiger charge is 2.38. The summed E-state index contributed by atoms with van der Waals surface area (Å²) in [6, 6.07) is 6.71. The van der Waals surface area contributed by atoms with Crippen molar-refractivity contribution in [3.63, 3.8) is 0 Å². The first-order chi connectivity index (χ1) is 9.25. The normalized spacial score (nSPS) is 24.1. The number of rotatable bonds is 1. The smallest absolute Gasteiger partial charge is 0.353 e. The molecule has 0 amide bonds. The Morgan fingerprint density at radius 3 is 2.53 bits per heavy atom. The third-order valence-electron chi connectivity index (χ3n) is 3.86. The van der Waals surface area contributed by atoms with Crippen molar-refractivity contribution in [2.24, 2.45) is 5.92 Å². The van der Waals surface area contributed by atoms with E-state index in [-0.39, 0.29) is 5.92 Å². The monoisotopic (exact) mass is 260 g/mol. The molecule has 0 saturated heterocycles. The van der Waals surface area contributed by atoms with Crippen LogP contribution in [0.1, 0.15) is 42.5 Å². The molecule has 2 aliphatic rings. The van der Waals surface area contributed by atoms with Crippen LogP contribution in [0.5, 0.6) is 5.75 Å². The largest absolute Gasteiger partial charge is 0.446 e. The number of hydrogen-bond donors (Lipinski definition) is 0. The Balaban J connectivity index is 1.86. The molecule has 1 unspecified atom stereocenters. The van der Waals surface area contributed by atoms with Gasteiger partial charge >= 0.3 is 11.9 Å². The van der Waals surface area contributed by atoms with E-state index >= 15 is 0 Å². The molecule has 1 fully saturated rings. The van der Waals surface area contributed by atoms with Gasteiger partial charge in [-0.05, 0) is 25.0 Å². The predicted molar refractivity (Wildman–Crippen MR) is 67.9 cm³/mol. The first kappa shape index (κ1) is 12.2. The highest BCUT2D eigenvalue weighted by Crippen LogP contribution is 2.32. The highest BCUT2D eigenvalue weighted by atomic mass is 16.6. The lowest BCUT2D eigenvalue weighted by Gasteiger charge is -2.26. The van der Waals surface area contributed by atoms with Gasteiger partial charge in [0.05, 0.1) is 0 Å². The Morgan fingerprint density at radius 1 is 1.00 bits per heavy atom. The molecular weight excluding hydrogens is 244 g/mol. The molecule has 0 bridgehead atoms. The van der Waals surface area contributed by atoms with Crippen LogP contribution in [0.2, 0.25) is 0 Å². The molecule has 1 heterocycles. The van der Waals surface area contributed by atoms with Crippen LogP contribution < -0.4 is 4.74 Å². The van der Waals surface area contributed by atoms with E-state index in [9.17, 15) is 9.59 Å². The van der Waals surface area contributed by atoms with Crippen molar-refractivity contribution in [2.75, 3.05) is 0 Å². The number of carbonyl (C=O) groups is 2. The Kier molecular flexibility index (Phi) is 3.23. The zero-order valence-corrected chi connectivity index (χ0v) is 10.6. The van der Waals surface area contributed by atoms with Gasteiger partial charge in [0, 0.05) is 5.92 Å². The van der Waals surface area contributed by atoms with Crippen molar-refractivity contribution in [2.45, 2.75) is 38.2 Å². The molecule has 1 aromatic carbocycles. The third kappa shape index (κ3) is 2.35. The summed E-state index contributed by atoms with van der Waals surface area (Å²) in [7, 11) is 0. The Labute approximate surface area is 111 Å². The first-order valence-electron chi connectivity index (χ1n) is 6.77. The molecule has 1 aliphatic carbocycles. The summed E-state index contributed by atoms with van der Waals surface area (Å²) in [6.07, 6.45) is 4.44. The first-order valence-corrected chi connectivity index (χ1v) is 6.77. The average Bonchev–Trinajstić information content (AvgIpc) is 2.57. The predicted octanol–water partition coefficient (Wildman–Crippen LogP) is 2.71. The van der Waals surface area contributed by atoms with Gasteiger partial charge in [-0.25, -0.2) is 9.59 Å². The zero-order chi connectivity index (χ0) is 13.2. The van der Waals surface area contributed by atoms with Gasteiger partial charge in [-0.15, -0.1) is 0 Å².